The van der Waals surface area contributed by atoms with E-state index in [-0.39, 0.29) is 16.0 Å². The van der Waals surface area contributed by atoms with Crippen LogP contribution in [0.4, 0.5) is 4.39 Å². The highest BCUT2D eigenvalue weighted by atomic mass is 79.9. The molecule has 1 atom stereocenters. The van der Waals surface area contributed by atoms with Crippen molar-refractivity contribution in [1.29, 1.82) is 0 Å². The summed E-state index contributed by atoms with van der Waals surface area (Å²) in [7, 11) is 0. The fourth-order valence-electron chi connectivity index (χ4n) is 1.61. The zero-order valence-corrected chi connectivity index (χ0v) is 12.2. The highest BCUT2D eigenvalue weighted by molar-refractivity contribution is 9.10. The zero-order chi connectivity index (χ0) is 14.6. The predicted octanol–water partition coefficient (Wildman–Crippen LogP) is 2.82. The molecule has 0 aromatic heterocycles. The van der Waals surface area contributed by atoms with Gasteiger partial charge in [-0.15, -0.1) is 0 Å². The van der Waals surface area contributed by atoms with Gasteiger partial charge in [0.05, 0.1) is 10.0 Å². The topological polar surface area (TPSA) is 66.4 Å². The first kappa shape index (κ1) is 15.6. The Labute approximate surface area is 119 Å². The van der Waals surface area contributed by atoms with Crippen molar-refractivity contribution in [3.63, 3.8) is 0 Å². The minimum Gasteiger partial charge on any atom is -0.480 e. The van der Waals surface area contributed by atoms with Crippen LogP contribution in [0.15, 0.2) is 22.7 Å². The average Bonchev–Trinajstić information content (AvgIpc) is 2.31. The molecular formula is C13H15BrFNO3. The lowest BCUT2D eigenvalue weighted by molar-refractivity contribution is -0.139. The molecule has 104 valence electrons. The summed E-state index contributed by atoms with van der Waals surface area (Å²) in [5.74, 6) is -2.16. The van der Waals surface area contributed by atoms with Crippen molar-refractivity contribution in [2.24, 2.45) is 5.92 Å². The molecule has 6 heteroatoms. The third-order valence-electron chi connectivity index (χ3n) is 2.51. The number of carbonyl (C=O) groups is 2. The smallest absolute Gasteiger partial charge is 0.326 e. The van der Waals surface area contributed by atoms with E-state index in [0.29, 0.717) is 6.42 Å². The Hall–Kier alpha value is -1.43. The highest BCUT2D eigenvalue weighted by Crippen LogP contribution is 2.20. The second-order valence-electron chi connectivity index (χ2n) is 4.60. The largest absolute Gasteiger partial charge is 0.480 e. The maximum Gasteiger partial charge on any atom is 0.326 e. The number of carboxylic acid groups (broad SMARTS) is 1. The lowest BCUT2D eigenvalue weighted by atomic mass is 10.0. The van der Waals surface area contributed by atoms with E-state index in [0.717, 1.165) is 0 Å². The van der Waals surface area contributed by atoms with Crippen LogP contribution in [-0.2, 0) is 4.79 Å². The van der Waals surface area contributed by atoms with Crippen LogP contribution >= 0.6 is 15.9 Å². The molecule has 0 spiro atoms. The second kappa shape index (κ2) is 6.65. The van der Waals surface area contributed by atoms with Gasteiger partial charge in [-0.3, -0.25) is 4.79 Å². The summed E-state index contributed by atoms with van der Waals surface area (Å²) in [5.41, 5.74) is 0.0787. The number of hydrogen-bond acceptors (Lipinski definition) is 2. The minimum absolute atomic E-state index is 0.0289. The van der Waals surface area contributed by atoms with Crippen LogP contribution in [0.25, 0.3) is 0 Å². The van der Waals surface area contributed by atoms with Gasteiger partial charge in [0.25, 0.3) is 5.91 Å². The molecule has 0 heterocycles. The Morgan fingerprint density at radius 3 is 2.58 bits per heavy atom. The number of amides is 1. The number of hydrogen-bond donors (Lipinski definition) is 2. The molecule has 4 nitrogen and oxygen atoms in total. The van der Waals surface area contributed by atoms with Crippen molar-refractivity contribution < 1.29 is 19.1 Å². The van der Waals surface area contributed by atoms with E-state index in [1.54, 1.807) is 0 Å². The Morgan fingerprint density at radius 1 is 1.42 bits per heavy atom. The van der Waals surface area contributed by atoms with Crippen LogP contribution in [0.2, 0.25) is 0 Å². The second-order valence-corrected chi connectivity index (χ2v) is 5.39. The highest BCUT2D eigenvalue weighted by Gasteiger charge is 2.23. The van der Waals surface area contributed by atoms with Crippen LogP contribution in [0.5, 0.6) is 0 Å². The summed E-state index contributed by atoms with van der Waals surface area (Å²) in [6, 6.07) is 3.05. The standard InChI is InChI=1S/C13H15BrFNO3/c1-7(2)6-10(13(18)19)16-12(17)8-4-3-5-9(15)11(8)14/h3-5,7,10H,6H2,1-2H3,(H,16,17)(H,18,19)/t10-/m0/s1. The van der Waals surface area contributed by atoms with Crippen molar-refractivity contribution in [1.82, 2.24) is 5.32 Å². The van der Waals surface area contributed by atoms with E-state index in [9.17, 15) is 14.0 Å². The van der Waals surface area contributed by atoms with Crippen LogP contribution < -0.4 is 5.32 Å². The molecule has 0 saturated heterocycles. The number of benzene rings is 1. The Morgan fingerprint density at radius 2 is 2.05 bits per heavy atom. The molecule has 19 heavy (non-hydrogen) atoms. The van der Waals surface area contributed by atoms with Gasteiger partial charge in [-0.05, 0) is 40.4 Å². The third-order valence-corrected chi connectivity index (χ3v) is 3.31. The van der Waals surface area contributed by atoms with E-state index in [4.69, 9.17) is 5.11 Å². The van der Waals surface area contributed by atoms with Crippen LogP contribution in [0, 0.1) is 11.7 Å². The molecule has 0 radical (unpaired) electrons. The molecule has 0 bridgehead atoms. The fraction of sp³-hybridized carbons (Fsp3) is 0.385. The molecular weight excluding hydrogens is 317 g/mol. The summed E-state index contributed by atoms with van der Waals surface area (Å²) in [5, 5.41) is 11.4. The monoisotopic (exact) mass is 331 g/mol. The van der Waals surface area contributed by atoms with E-state index in [1.807, 2.05) is 13.8 Å². The third kappa shape index (κ3) is 4.31. The number of carbonyl (C=O) groups excluding carboxylic acids is 1. The molecule has 0 aliphatic carbocycles. The Bertz CT molecular complexity index is 491. The van der Waals surface area contributed by atoms with Gasteiger partial charge in [-0.2, -0.15) is 0 Å². The minimum atomic E-state index is -1.10. The maximum absolute atomic E-state index is 13.3. The van der Waals surface area contributed by atoms with Gasteiger partial charge >= 0.3 is 5.97 Å². The quantitative estimate of drug-likeness (QED) is 0.871. The van der Waals surface area contributed by atoms with Crippen molar-refractivity contribution >= 4 is 27.8 Å². The number of halogens is 2. The average molecular weight is 332 g/mol. The first-order valence-corrected chi connectivity index (χ1v) is 6.60. The van der Waals surface area contributed by atoms with Crippen LogP contribution in [0.3, 0.4) is 0 Å². The first-order chi connectivity index (χ1) is 8.82. The normalized spacial score (nSPS) is 12.3. The Kier molecular flexibility index (Phi) is 5.47. The number of carboxylic acids is 1. The molecule has 1 aromatic carbocycles. The number of nitrogens with one attached hydrogen (secondary N) is 1. The van der Waals surface area contributed by atoms with Crippen molar-refractivity contribution in [3.8, 4) is 0 Å². The zero-order valence-electron chi connectivity index (χ0n) is 10.6. The maximum atomic E-state index is 13.3. The van der Waals surface area contributed by atoms with Gasteiger partial charge in [0.1, 0.15) is 11.9 Å². The SMILES string of the molecule is CC(C)C[C@H](NC(=O)c1cccc(F)c1Br)C(=O)O. The van der Waals surface area contributed by atoms with Crippen LogP contribution in [-0.4, -0.2) is 23.0 Å². The molecule has 0 saturated carbocycles. The van der Waals surface area contributed by atoms with Gasteiger partial charge in [0.15, 0.2) is 0 Å². The van der Waals surface area contributed by atoms with E-state index in [1.165, 1.54) is 18.2 Å². The van der Waals surface area contributed by atoms with Gasteiger partial charge in [0, 0.05) is 0 Å². The van der Waals surface area contributed by atoms with E-state index < -0.39 is 23.7 Å². The fourth-order valence-corrected chi connectivity index (χ4v) is 2.05. The summed E-state index contributed by atoms with van der Waals surface area (Å²) in [6.45, 7) is 3.72. The molecule has 0 aliphatic rings. The van der Waals surface area contributed by atoms with E-state index in [2.05, 4.69) is 21.2 Å². The van der Waals surface area contributed by atoms with E-state index >= 15 is 0 Å². The summed E-state index contributed by atoms with van der Waals surface area (Å²) < 4.78 is 13.3. The van der Waals surface area contributed by atoms with Gasteiger partial charge < -0.3 is 10.4 Å². The van der Waals surface area contributed by atoms with Gasteiger partial charge in [-0.25, -0.2) is 9.18 Å². The molecule has 1 amide bonds. The molecule has 2 N–H and O–H groups in total. The number of rotatable bonds is 5. The van der Waals surface area contributed by atoms with Crippen molar-refractivity contribution in [2.75, 3.05) is 0 Å². The van der Waals surface area contributed by atoms with Crippen molar-refractivity contribution in [2.45, 2.75) is 26.3 Å². The first-order valence-electron chi connectivity index (χ1n) is 5.80. The van der Waals surface area contributed by atoms with Gasteiger partial charge in [0.2, 0.25) is 0 Å². The lowest BCUT2D eigenvalue weighted by Crippen LogP contribution is -2.41. The van der Waals surface area contributed by atoms with Crippen LogP contribution in [0.1, 0.15) is 30.6 Å². The molecule has 1 rings (SSSR count). The van der Waals surface area contributed by atoms with Crippen molar-refractivity contribution in [3.05, 3.63) is 34.1 Å². The molecule has 0 fully saturated rings. The predicted molar refractivity (Wildman–Crippen MR) is 72.4 cm³/mol. The molecule has 1 aromatic rings. The summed E-state index contributed by atoms with van der Waals surface area (Å²) in [4.78, 5) is 23.0. The summed E-state index contributed by atoms with van der Waals surface area (Å²) in [6.07, 6.45) is 0.314. The number of aliphatic carboxylic acids is 1. The van der Waals surface area contributed by atoms with Gasteiger partial charge in [-0.1, -0.05) is 19.9 Å². The Balaban J connectivity index is 2.88. The molecule has 0 unspecified atom stereocenters. The molecule has 0 aliphatic heterocycles. The lowest BCUT2D eigenvalue weighted by Gasteiger charge is -2.17. The summed E-state index contributed by atoms with van der Waals surface area (Å²) >= 11 is 2.98.